The second kappa shape index (κ2) is 9.56. The maximum absolute atomic E-state index is 13.2. The van der Waals surface area contributed by atoms with Crippen molar-refractivity contribution in [2.45, 2.75) is 38.3 Å². The van der Waals surface area contributed by atoms with Crippen LogP contribution < -0.4 is 11.1 Å². The van der Waals surface area contributed by atoms with E-state index in [-0.39, 0.29) is 35.5 Å². The van der Waals surface area contributed by atoms with Gasteiger partial charge in [0.1, 0.15) is 17.5 Å². The molecule has 2 amide bonds. The highest BCUT2D eigenvalue weighted by molar-refractivity contribution is 5.98. The van der Waals surface area contributed by atoms with Crippen molar-refractivity contribution in [2.75, 3.05) is 31.6 Å². The number of hydrogen-bond donors (Lipinski definition) is 2. The quantitative estimate of drug-likeness (QED) is 0.732. The van der Waals surface area contributed by atoms with Gasteiger partial charge in [0.15, 0.2) is 5.82 Å². The largest absolute Gasteiger partial charge is 0.446 e. The van der Waals surface area contributed by atoms with Crippen LogP contribution in [-0.2, 0) is 9.47 Å². The summed E-state index contributed by atoms with van der Waals surface area (Å²) < 4.78 is 25.9. The maximum Gasteiger partial charge on any atom is 0.410 e. The van der Waals surface area contributed by atoms with Crippen LogP contribution in [0.5, 0.6) is 0 Å². The van der Waals surface area contributed by atoms with Gasteiger partial charge in [0, 0.05) is 37.8 Å². The minimum Gasteiger partial charge on any atom is -0.446 e. The van der Waals surface area contributed by atoms with Gasteiger partial charge >= 0.3 is 6.09 Å². The molecule has 2 aliphatic heterocycles. The molecule has 1 aromatic heterocycles. The molecule has 0 bridgehead atoms. The van der Waals surface area contributed by atoms with Crippen LogP contribution in [0.2, 0.25) is 0 Å². The summed E-state index contributed by atoms with van der Waals surface area (Å²) in [5.41, 5.74) is 6.37. The summed E-state index contributed by atoms with van der Waals surface area (Å²) in [5.74, 6) is -0.472. The zero-order chi connectivity index (χ0) is 22.7. The lowest BCUT2D eigenvalue weighted by molar-refractivity contribution is -0.0158. The molecule has 2 unspecified atom stereocenters. The Hall–Kier alpha value is -3.14. The number of amides is 2. The van der Waals surface area contributed by atoms with Crippen molar-refractivity contribution in [3.05, 3.63) is 41.8 Å². The molecule has 172 valence electrons. The molecule has 9 nitrogen and oxygen atoms in total. The van der Waals surface area contributed by atoms with E-state index in [9.17, 15) is 14.0 Å². The van der Waals surface area contributed by atoms with Gasteiger partial charge in [-0.1, -0.05) is 6.92 Å². The molecular formula is C22H28FN5O4. The summed E-state index contributed by atoms with van der Waals surface area (Å²) in [6.45, 7) is 4.31. The fourth-order valence-corrected chi connectivity index (χ4v) is 4.07. The van der Waals surface area contributed by atoms with Crippen LogP contribution in [0, 0.1) is 11.7 Å². The van der Waals surface area contributed by atoms with Crippen LogP contribution >= 0.6 is 0 Å². The lowest BCUT2D eigenvalue weighted by atomic mass is 9.94. The van der Waals surface area contributed by atoms with Crippen LogP contribution in [-0.4, -0.2) is 59.1 Å². The molecule has 1 aromatic carbocycles. The fraction of sp³-hybridized carbons (Fsp3) is 0.500. The smallest absolute Gasteiger partial charge is 0.410 e. The highest BCUT2D eigenvalue weighted by Gasteiger charge is 2.33. The number of likely N-dealkylation sites (tertiary alicyclic amines) is 1. The molecule has 4 rings (SSSR count). The number of carbonyl (C=O) groups is 2. The number of halogens is 1. The maximum atomic E-state index is 13.2. The van der Waals surface area contributed by atoms with Crippen molar-refractivity contribution in [3.63, 3.8) is 0 Å². The third-order valence-corrected chi connectivity index (χ3v) is 6.06. The van der Waals surface area contributed by atoms with Crippen molar-refractivity contribution in [1.29, 1.82) is 0 Å². The molecule has 3 N–H and O–H groups in total. The van der Waals surface area contributed by atoms with Gasteiger partial charge in [-0.2, -0.15) is 5.10 Å². The van der Waals surface area contributed by atoms with Gasteiger partial charge in [-0.15, -0.1) is 0 Å². The number of rotatable bonds is 5. The summed E-state index contributed by atoms with van der Waals surface area (Å²) in [6.07, 6.45) is 3.34. The number of nitrogens with zero attached hydrogens (tertiary/aromatic N) is 3. The first kappa shape index (κ1) is 22.1. The minimum absolute atomic E-state index is 0.119. The number of piperidine rings is 1. The molecule has 2 aliphatic rings. The third kappa shape index (κ3) is 5.01. The van der Waals surface area contributed by atoms with Crippen molar-refractivity contribution in [3.8, 4) is 0 Å². The highest BCUT2D eigenvalue weighted by Crippen LogP contribution is 2.30. The van der Waals surface area contributed by atoms with E-state index < -0.39 is 5.91 Å². The Morgan fingerprint density at radius 1 is 1.22 bits per heavy atom. The Kier molecular flexibility index (Phi) is 6.59. The first-order valence-electron chi connectivity index (χ1n) is 10.9. The highest BCUT2D eigenvalue weighted by atomic mass is 19.1. The number of anilines is 2. The topological polar surface area (TPSA) is 112 Å². The summed E-state index contributed by atoms with van der Waals surface area (Å²) in [6, 6.07) is 5.59. The summed E-state index contributed by atoms with van der Waals surface area (Å²) in [7, 11) is 0. The number of aromatic nitrogens is 2. The standard InChI is InChI=1S/C22H28FN5O4/c1-14-6-9-27(22(30)32-17-7-10-31-11-8-17)13-19(14)28-12-18(20(24)29)21(26-28)25-16-4-2-15(23)3-5-16/h2-5,12,14,17,19H,6-11,13H2,1H3,(H2,24,29)(H,25,26). The molecule has 10 heteroatoms. The van der Waals surface area contributed by atoms with Crippen molar-refractivity contribution in [2.24, 2.45) is 11.7 Å². The molecule has 0 spiro atoms. The number of hydrogen-bond acceptors (Lipinski definition) is 6. The summed E-state index contributed by atoms with van der Waals surface area (Å²) >= 11 is 0. The van der Waals surface area contributed by atoms with E-state index in [1.807, 2.05) is 0 Å². The number of carbonyl (C=O) groups excluding carboxylic acids is 2. The second-order valence-corrected chi connectivity index (χ2v) is 8.34. The van der Waals surface area contributed by atoms with Crippen molar-refractivity contribution >= 4 is 23.5 Å². The zero-order valence-corrected chi connectivity index (χ0v) is 18.0. The van der Waals surface area contributed by atoms with Gasteiger partial charge in [0.2, 0.25) is 0 Å². The predicted octanol–water partition coefficient (Wildman–Crippen LogP) is 3.06. The predicted molar refractivity (Wildman–Crippen MR) is 115 cm³/mol. The summed E-state index contributed by atoms with van der Waals surface area (Å²) in [5, 5.41) is 7.58. The molecule has 0 radical (unpaired) electrons. The Morgan fingerprint density at radius 3 is 2.62 bits per heavy atom. The second-order valence-electron chi connectivity index (χ2n) is 8.34. The van der Waals surface area contributed by atoms with Crippen LogP contribution in [0.3, 0.4) is 0 Å². The molecule has 2 saturated heterocycles. The van der Waals surface area contributed by atoms with E-state index in [4.69, 9.17) is 15.2 Å². The summed E-state index contributed by atoms with van der Waals surface area (Å²) in [4.78, 5) is 26.4. The van der Waals surface area contributed by atoms with Gasteiger partial charge in [-0.05, 0) is 36.6 Å². The first-order chi connectivity index (χ1) is 15.4. The average Bonchev–Trinajstić information content (AvgIpc) is 3.20. The Balaban J connectivity index is 1.50. The Labute approximate surface area is 185 Å². The van der Waals surface area contributed by atoms with E-state index in [2.05, 4.69) is 17.3 Å². The number of nitrogens with one attached hydrogen (secondary N) is 1. The number of nitrogens with two attached hydrogens (primary N) is 1. The van der Waals surface area contributed by atoms with E-state index >= 15 is 0 Å². The Bertz CT molecular complexity index is 958. The van der Waals surface area contributed by atoms with Gasteiger partial charge in [-0.3, -0.25) is 9.48 Å². The van der Waals surface area contributed by atoms with Gasteiger partial charge < -0.3 is 25.4 Å². The van der Waals surface area contributed by atoms with E-state index in [0.717, 1.165) is 6.42 Å². The zero-order valence-electron chi connectivity index (χ0n) is 18.0. The molecule has 32 heavy (non-hydrogen) atoms. The normalized spacial score (nSPS) is 21.9. The Morgan fingerprint density at radius 2 is 1.94 bits per heavy atom. The third-order valence-electron chi connectivity index (χ3n) is 6.06. The first-order valence-corrected chi connectivity index (χ1v) is 10.9. The molecule has 3 heterocycles. The van der Waals surface area contributed by atoms with Crippen LogP contribution in [0.15, 0.2) is 30.5 Å². The van der Waals surface area contributed by atoms with E-state index in [1.165, 1.54) is 12.1 Å². The SMILES string of the molecule is CC1CCN(C(=O)OC2CCOCC2)CC1n1cc(C(N)=O)c(Nc2ccc(F)cc2)n1. The van der Waals surface area contributed by atoms with Crippen LogP contribution in [0.1, 0.15) is 42.6 Å². The number of primary amides is 1. The molecule has 0 saturated carbocycles. The van der Waals surface area contributed by atoms with Gasteiger partial charge in [0.05, 0.1) is 19.3 Å². The minimum atomic E-state index is -0.625. The van der Waals surface area contributed by atoms with Crippen LogP contribution in [0.4, 0.5) is 20.7 Å². The molecule has 2 aromatic rings. The van der Waals surface area contributed by atoms with Crippen molar-refractivity contribution < 1.29 is 23.5 Å². The van der Waals surface area contributed by atoms with Crippen molar-refractivity contribution in [1.82, 2.24) is 14.7 Å². The average molecular weight is 445 g/mol. The molecule has 2 fully saturated rings. The molecular weight excluding hydrogens is 417 g/mol. The van der Waals surface area contributed by atoms with Gasteiger partial charge in [-0.25, -0.2) is 9.18 Å². The van der Waals surface area contributed by atoms with Crippen LogP contribution in [0.25, 0.3) is 0 Å². The van der Waals surface area contributed by atoms with E-state index in [1.54, 1.807) is 27.9 Å². The van der Waals surface area contributed by atoms with Gasteiger partial charge in [0.25, 0.3) is 5.91 Å². The fourth-order valence-electron chi connectivity index (χ4n) is 4.07. The lowest BCUT2D eigenvalue weighted by Crippen LogP contribution is -2.45. The monoisotopic (exact) mass is 445 g/mol. The lowest BCUT2D eigenvalue weighted by Gasteiger charge is -2.37. The van der Waals surface area contributed by atoms with E-state index in [0.29, 0.717) is 50.7 Å². The number of ether oxygens (including phenoxy) is 2. The molecule has 0 aliphatic carbocycles. The number of benzene rings is 1. The molecule has 2 atom stereocenters.